The van der Waals surface area contributed by atoms with Gasteiger partial charge in [0.05, 0.1) is 18.8 Å². The molecule has 1 unspecified atom stereocenters. The van der Waals surface area contributed by atoms with Crippen LogP contribution in [0.2, 0.25) is 0 Å². The molecule has 1 aliphatic rings. The minimum atomic E-state index is -0.150. The second-order valence-electron chi connectivity index (χ2n) is 7.25. The molecule has 0 aliphatic carbocycles. The molecule has 2 heterocycles. The molecule has 0 radical (unpaired) electrons. The number of hydrogen-bond acceptors (Lipinski definition) is 3. The summed E-state index contributed by atoms with van der Waals surface area (Å²) in [6, 6.07) is 15.8. The van der Waals surface area contributed by atoms with Gasteiger partial charge in [0.15, 0.2) is 0 Å². The van der Waals surface area contributed by atoms with Crippen molar-refractivity contribution in [3.8, 4) is 17.0 Å². The van der Waals surface area contributed by atoms with Gasteiger partial charge in [-0.05, 0) is 48.4 Å². The first kappa shape index (κ1) is 19.7. The third-order valence-corrected chi connectivity index (χ3v) is 5.89. The summed E-state index contributed by atoms with van der Waals surface area (Å²) in [5, 5.41) is 7.53. The molecular formula is C23H24BrN3O2. The van der Waals surface area contributed by atoms with Crippen LogP contribution in [0.15, 0.2) is 53.0 Å². The van der Waals surface area contributed by atoms with Crippen LogP contribution >= 0.6 is 15.9 Å². The minimum Gasteiger partial charge on any atom is -0.497 e. The number of carbonyl (C=O) groups excluding carboxylic acids is 1. The Bertz CT molecular complexity index is 1010. The second kappa shape index (κ2) is 8.41. The van der Waals surface area contributed by atoms with Crippen LogP contribution in [0.5, 0.6) is 5.75 Å². The number of hydrogen-bond donors (Lipinski definition) is 1. The lowest BCUT2D eigenvalue weighted by Gasteiger charge is -2.26. The summed E-state index contributed by atoms with van der Waals surface area (Å²) in [5.74, 6) is 0.815. The second-order valence-corrected chi connectivity index (χ2v) is 8.17. The molecule has 1 N–H and O–H groups in total. The molecule has 0 saturated carbocycles. The molecular weight excluding hydrogens is 430 g/mol. The molecule has 0 bridgehead atoms. The van der Waals surface area contributed by atoms with Gasteiger partial charge >= 0.3 is 0 Å². The normalized spacial score (nSPS) is 15.6. The summed E-state index contributed by atoms with van der Waals surface area (Å²) in [7, 11) is 1.65. The van der Waals surface area contributed by atoms with Gasteiger partial charge in [-0.3, -0.25) is 9.89 Å². The van der Waals surface area contributed by atoms with E-state index in [-0.39, 0.29) is 11.9 Å². The van der Waals surface area contributed by atoms with Crippen molar-refractivity contribution in [1.29, 1.82) is 0 Å². The van der Waals surface area contributed by atoms with E-state index in [1.165, 1.54) is 0 Å². The first-order valence-electron chi connectivity index (χ1n) is 9.93. The van der Waals surface area contributed by atoms with Crippen LogP contribution in [-0.4, -0.2) is 34.7 Å². The van der Waals surface area contributed by atoms with Gasteiger partial charge in [0.2, 0.25) is 0 Å². The summed E-state index contributed by atoms with van der Waals surface area (Å²) in [6.45, 7) is 2.90. The number of halogens is 1. The number of benzene rings is 2. The van der Waals surface area contributed by atoms with Crippen molar-refractivity contribution in [2.24, 2.45) is 0 Å². The largest absolute Gasteiger partial charge is 0.497 e. The van der Waals surface area contributed by atoms with E-state index in [4.69, 9.17) is 4.74 Å². The van der Waals surface area contributed by atoms with Crippen LogP contribution in [0.3, 0.4) is 0 Å². The van der Waals surface area contributed by atoms with Gasteiger partial charge in [0.1, 0.15) is 11.4 Å². The molecule has 0 fully saturated rings. The van der Waals surface area contributed by atoms with E-state index in [2.05, 4.69) is 45.2 Å². The number of unbranched alkanes of at least 4 members (excludes halogenated alkanes) is 2. The van der Waals surface area contributed by atoms with Gasteiger partial charge in [-0.15, -0.1) is 0 Å². The fourth-order valence-corrected chi connectivity index (χ4v) is 4.37. The maximum atomic E-state index is 13.2. The predicted octanol–water partition coefficient (Wildman–Crippen LogP) is 5.58. The zero-order valence-corrected chi connectivity index (χ0v) is 18.2. The van der Waals surface area contributed by atoms with Crippen LogP contribution in [-0.2, 0) is 0 Å². The molecule has 0 spiro atoms. The fraction of sp³-hybridized carbons (Fsp3) is 0.304. The number of aromatic amines is 1. The Balaban J connectivity index is 1.80. The van der Waals surface area contributed by atoms with Crippen molar-refractivity contribution in [3.05, 3.63) is 69.8 Å². The monoisotopic (exact) mass is 453 g/mol. The summed E-state index contributed by atoms with van der Waals surface area (Å²) in [6.07, 6.45) is 3.21. The molecule has 3 aromatic rings. The number of fused-ring (bicyclic) bond motifs is 1. The first-order valence-corrected chi connectivity index (χ1v) is 10.7. The van der Waals surface area contributed by atoms with Crippen LogP contribution in [0, 0.1) is 0 Å². The summed E-state index contributed by atoms with van der Waals surface area (Å²) in [5.41, 5.74) is 4.41. The first-order chi connectivity index (χ1) is 14.1. The van der Waals surface area contributed by atoms with Crippen LogP contribution in [0.4, 0.5) is 0 Å². The molecule has 0 saturated heterocycles. The lowest BCUT2D eigenvalue weighted by atomic mass is 9.96. The van der Waals surface area contributed by atoms with E-state index < -0.39 is 0 Å². The number of nitrogens with one attached hydrogen (secondary N) is 1. The predicted molar refractivity (Wildman–Crippen MR) is 117 cm³/mol. The van der Waals surface area contributed by atoms with Crippen LogP contribution in [0.1, 0.15) is 53.8 Å². The molecule has 150 valence electrons. The standard InChI is InChI=1S/C23H24BrN3O2/c1-3-4-5-13-27-22(16-7-6-8-17(24)14-16)19-20(25-26-21(19)23(27)28)15-9-11-18(29-2)12-10-15/h6-12,14,22H,3-5,13H2,1-2H3,(H,25,26). The average Bonchev–Trinajstić information content (AvgIpc) is 3.28. The number of aromatic nitrogens is 2. The van der Waals surface area contributed by atoms with E-state index in [0.717, 1.165) is 58.4 Å². The zero-order chi connectivity index (χ0) is 20.4. The molecule has 1 atom stereocenters. The Kier molecular flexibility index (Phi) is 5.72. The van der Waals surface area contributed by atoms with Gasteiger partial charge in [-0.2, -0.15) is 5.10 Å². The maximum Gasteiger partial charge on any atom is 0.273 e. The van der Waals surface area contributed by atoms with Crippen molar-refractivity contribution in [3.63, 3.8) is 0 Å². The Morgan fingerprint density at radius 2 is 1.97 bits per heavy atom. The minimum absolute atomic E-state index is 0.0216. The number of ether oxygens (including phenoxy) is 1. The number of methoxy groups -OCH3 is 1. The van der Waals surface area contributed by atoms with Gasteiger partial charge in [0, 0.05) is 22.1 Å². The molecule has 6 heteroatoms. The lowest BCUT2D eigenvalue weighted by Crippen LogP contribution is -2.30. The zero-order valence-electron chi connectivity index (χ0n) is 16.6. The van der Waals surface area contributed by atoms with Crippen molar-refractivity contribution < 1.29 is 9.53 Å². The van der Waals surface area contributed by atoms with E-state index in [1.807, 2.05) is 41.3 Å². The summed E-state index contributed by atoms with van der Waals surface area (Å²) >= 11 is 3.58. The maximum absolute atomic E-state index is 13.2. The molecule has 29 heavy (non-hydrogen) atoms. The third-order valence-electron chi connectivity index (χ3n) is 5.39. The molecule has 1 aliphatic heterocycles. The number of carbonyl (C=O) groups is 1. The Morgan fingerprint density at radius 1 is 1.17 bits per heavy atom. The van der Waals surface area contributed by atoms with E-state index in [9.17, 15) is 4.79 Å². The van der Waals surface area contributed by atoms with Gasteiger partial charge in [0.25, 0.3) is 5.91 Å². The van der Waals surface area contributed by atoms with E-state index in [0.29, 0.717) is 5.69 Å². The molecule has 2 aromatic carbocycles. The highest BCUT2D eigenvalue weighted by molar-refractivity contribution is 9.10. The smallest absolute Gasteiger partial charge is 0.273 e. The summed E-state index contributed by atoms with van der Waals surface area (Å²) < 4.78 is 6.28. The number of H-pyrrole nitrogens is 1. The van der Waals surface area contributed by atoms with Crippen LogP contribution in [0.25, 0.3) is 11.3 Å². The Hall–Kier alpha value is -2.60. The van der Waals surface area contributed by atoms with Crippen molar-refractivity contribution in [2.45, 2.75) is 32.2 Å². The molecule has 5 nitrogen and oxygen atoms in total. The molecule has 1 aromatic heterocycles. The Morgan fingerprint density at radius 3 is 2.66 bits per heavy atom. The van der Waals surface area contributed by atoms with Crippen molar-refractivity contribution >= 4 is 21.8 Å². The van der Waals surface area contributed by atoms with Gasteiger partial charge in [-0.25, -0.2) is 0 Å². The highest BCUT2D eigenvalue weighted by Crippen LogP contribution is 2.43. The van der Waals surface area contributed by atoms with Crippen LogP contribution < -0.4 is 4.74 Å². The van der Waals surface area contributed by atoms with Crippen molar-refractivity contribution in [2.75, 3.05) is 13.7 Å². The van der Waals surface area contributed by atoms with E-state index >= 15 is 0 Å². The number of amides is 1. The Labute approximate surface area is 179 Å². The summed E-state index contributed by atoms with van der Waals surface area (Å²) in [4.78, 5) is 15.2. The van der Waals surface area contributed by atoms with Gasteiger partial charge < -0.3 is 9.64 Å². The van der Waals surface area contributed by atoms with E-state index in [1.54, 1.807) is 7.11 Å². The quantitative estimate of drug-likeness (QED) is 0.474. The fourth-order valence-electron chi connectivity index (χ4n) is 3.95. The molecule has 4 rings (SSSR count). The topological polar surface area (TPSA) is 58.2 Å². The SMILES string of the molecule is CCCCCN1C(=O)c2[nH]nc(-c3ccc(OC)cc3)c2C1c1cccc(Br)c1. The van der Waals surface area contributed by atoms with Crippen molar-refractivity contribution in [1.82, 2.24) is 15.1 Å². The number of nitrogens with zero attached hydrogens (tertiary/aromatic N) is 2. The third kappa shape index (κ3) is 3.69. The number of rotatable bonds is 7. The highest BCUT2D eigenvalue weighted by atomic mass is 79.9. The molecule has 1 amide bonds. The van der Waals surface area contributed by atoms with Gasteiger partial charge in [-0.1, -0.05) is 47.8 Å². The average molecular weight is 454 g/mol. The highest BCUT2D eigenvalue weighted by Gasteiger charge is 2.41. The lowest BCUT2D eigenvalue weighted by molar-refractivity contribution is 0.0740.